The van der Waals surface area contributed by atoms with Crippen molar-refractivity contribution in [2.24, 2.45) is 11.1 Å². The van der Waals surface area contributed by atoms with Crippen molar-refractivity contribution in [1.29, 1.82) is 0 Å². The summed E-state index contributed by atoms with van der Waals surface area (Å²) in [5, 5.41) is 2.92. The first-order valence-electron chi connectivity index (χ1n) is 7.88. The summed E-state index contributed by atoms with van der Waals surface area (Å²) in [5.41, 5.74) is 5.16. The number of hydrogen-bond donors (Lipinski definition) is 2. The third-order valence-electron chi connectivity index (χ3n) is 3.35. The lowest BCUT2D eigenvalue weighted by molar-refractivity contribution is -0.126. The van der Waals surface area contributed by atoms with Crippen LogP contribution in [0.4, 0.5) is 0 Å². The molecule has 0 saturated heterocycles. The minimum atomic E-state index is -0.258. The fraction of sp³-hybridized carbons (Fsp3) is 0.875. The minimum Gasteiger partial charge on any atom is -0.356 e. The first kappa shape index (κ1) is 19.1. The first-order valence-corrected chi connectivity index (χ1v) is 7.88. The van der Waals surface area contributed by atoms with E-state index in [0.717, 1.165) is 51.6 Å². The van der Waals surface area contributed by atoms with E-state index in [-0.39, 0.29) is 17.1 Å². The van der Waals surface area contributed by atoms with Crippen LogP contribution in [0.15, 0.2) is 0 Å². The van der Waals surface area contributed by atoms with Gasteiger partial charge in [0.2, 0.25) is 5.91 Å². The van der Waals surface area contributed by atoms with Crippen molar-refractivity contribution < 1.29 is 9.59 Å². The van der Waals surface area contributed by atoms with Crippen LogP contribution in [0.25, 0.3) is 0 Å². The molecule has 0 heterocycles. The predicted molar refractivity (Wildman–Crippen MR) is 83.5 cm³/mol. The second-order valence-electron chi connectivity index (χ2n) is 6.43. The highest BCUT2D eigenvalue weighted by Gasteiger charge is 2.20. The van der Waals surface area contributed by atoms with Crippen LogP contribution in [-0.4, -0.2) is 24.8 Å². The van der Waals surface area contributed by atoms with E-state index >= 15 is 0 Å². The van der Waals surface area contributed by atoms with Gasteiger partial charge in [0.15, 0.2) is 0 Å². The van der Waals surface area contributed by atoms with Gasteiger partial charge >= 0.3 is 0 Å². The number of carbonyl (C=O) groups is 2. The average Bonchev–Trinajstić information content (AvgIpc) is 2.37. The fourth-order valence-electron chi connectivity index (χ4n) is 1.89. The largest absolute Gasteiger partial charge is 0.356 e. The molecule has 0 rings (SSSR count). The normalized spacial score (nSPS) is 11.4. The van der Waals surface area contributed by atoms with Gasteiger partial charge in [-0.15, -0.1) is 0 Å². The van der Waals surface area contributed by atoms with Crippen LogP contribution in [0.1, 0.15) is 72.1 Å². The fourth-order valence-corrected chi connectivity index (χ4v) is 1.89. The molecule has 0 aromatic carbocycles. The highest BCUT2D eigenvalue weighted by atomic mass is 16.1. The molecule has 0 unspecified atom stereocenters. The molecule has 4 heteroatoms. The van der Waals surface area contributed by atoms with E-state index in [9.17, 15) is 9.59 Å². The van der Waals surface area contributed by atoms with Crippen LogP contribution < -0.4 is 11.1 Å². The van der Waals surface area contributed by atoms with Crippen molar-refractivity contribution in [3.8, 4) is 0 Å². The zero-order valence-electron chi connectivity index (χ0n) is 13.5. The van der Waals surface area contributed by atoms with E-state index in [0.29, 0.717) is 12.8 Å². The van der Waals surface area contributed by atoms with Gasteiger partial charge in [0, 0.05) is 24.8 Å². The topological polar surface area (TPSA) is 72.2 Å². The molecule has 0 fully saturated rings. The molecule has 0 aliphatic carbocycles. The van der Waals surface area contributed by atoms with Gasteiger partial charge < -0.3 is 11.1 Å². The van der Waals surface area contributed by atoms with Crippen LogP contribution in [0.5, 0.6) is 0 Å². The molecular formula is C16H32N2O2. The molecule has 0 aliphatic rings. The Morgan fingerprint density at radius 3 is 2.10 bits per heavy atom. The molecule has 0 saturated carbocycles. The number of rotatable bonds is 11. The number of amides is 1. The molecule has 0 aromatic heterocycles. The van der Waals surface area contributed by atoms with Crippen molar-refractivity contribution in [3.05, 3.63) is 0 Å². The molecule has 0 bridgehead atoms. The Hall–Kier alpha value is -0.900. The summed E-state index contributed by atoms with van der Waals surface area (Å²) in [6, 6.07) is 0. The maximum atomic E-state index is 11.7. The minimum absolute atomic E-state index is 0.104. The summed E-state index contributed by atoms with van der Waals surface area (Å²) in [6.45, 7) is 7.32. The molecule has 0 spiro atoms. The SMILES string of the molecule is CC(C)(C)C(=O)CCCCC(=O)NCCCCCCN. The summed E-state index contributed by atoms with van der Waals surface area (Å²) >= 11 is 0. The van der Waals surface area contributed by atoms with E-state index in [2.05, 4.69) is 5.32 Å². The van der Waals surface area contributed by atoms with Crippen LogP contribution in [0.2, 0.25) is 0 Å². The zero-order valence-corrected chi connectivity index (χ0v) is 13.5. The van der Waals surface area contributed by atoms with Crippen LogP contribution in [0, 0.1) is 5.41 Å². The molecule has 3 N–H and O–H groups in total. The Kier molecular flexibility index (Phi) is 10.3. The van der Waals surface area contributed by atoms with E-state index in [1.54, 1.807) is 0 Å². The summed E-state index contributed by atoms with van der Waals surface area (Å²) in [5.74, 6) is 0.379. The molecule has 0 radical (unpaired) electrons. The zero-order chi connectivity index (χ0) is 15.4. The van der Waals surface area contributed by atoms with Gasteiger partial charge in [-0.1, -0.05) is 33.6 Å². The molecule has 0 aromatic rings. The standard InChI is InChI=1S/C16H32N2O2/c1-16(2,3)14(19)10-6-7-11-15(20)18-13-9-5-4-8-12-17/h4-13,17H2,1-3H3,(H,18,20). The lowest BCUT2D eigenvalue weighted by atomic mass is 9.88. The van der Waals surface area contributed by atoms with Gasteiger partial charge in [-0.05, 0) is 32.2 Å². The van der Waals surface area contributed by atoms with Crippen molar-refractivity contribution in [3.63, 3.8) is 0 Å². The van der Waals surface area contributed by atoms with E-state index < -0.39 is 0 Å². The Labute approximate surface area is 123 Å². The number of hydrogen-bond acceptors (Lipinski definition) is 3. The molecule has 20 heavy (non-hydrogen) atoms. The van der Waals surface area contributed by atoms with Gasteiger partial charge in [0.25, 0.3) is 0 Å². The monoisotopic (exact) mass is 284 g/mol. The highest BCUT2D eigenvalue weighted by Crippen LogP contribution is 2.18. The van der Waals surface area contributed by atoms with Gasteiger partial charge in [-0.2, -0.15) is 0 Å². The smallest absolute Gasteiger partial charge is 0.219 e. The number of nitrogens with two attached hydrogens (primary N) is 1. The maximum Gasteiger partial charge on any atom is 0.219 e. The Balaban J connectivity index is 3.44. The van der Waals surface area contributed by atoms with Crippen LogP contribution in [-0.2, 0) is 9.59 Å². The molecule has 1 amide bonds. The Bertz CT molecular complexity index is 283. The number of Topliss-reactive ketones (excluding diaryl/α,β-unsaturated/α-hetero) is 1. The van der Waals surface area contributed by atoms with E-state index in [4.69, 9.17) is 5.73 Å². The quantitative estimate of drug-likeness (QED) is 0.573. The predicted octanol–water partition coefficient (Wildman–Crippen LogP) is 2.80. The van der Waals surface area contributed by atoms with Crippen molar-refractivity contribution in [2.45, 2.75) is 72.1 Å². The Morgan fingerprint density at radius 1 is 0.900 bits per heavy atom. The van der Waals surface area contributed by atoms with Crippen molar-refractivity contribution >= 4 is 11.7 Å². The summed E-state index contributed by atoms with van der Waals surface area (Å²) < 4.78 is 0. The molecule has 4 nitrogen and oxygen atoms in total. The lowest BCUT2D eigenvalue weighted by Crippen LogP contribution is -2.24. The maximum absolute atomic E-state index is 11.7. The summed E-state index contributed by atoms with van der Waals surface area (Å²) in [7, 11) is 0. The molecule has 0 aliphatic heterocycles. The van der Waals surface area contributed by atoms with Gasteiger partial charge in [0.1, 0.15) is 5.78 Å². The van der Waals surface area contributed by atoms with Crippen molar-refractivity contribution in [1.82, 2.24) is 5.32 Å². The number of carbonyl (C=O) groups excluding carboxylic acids is 2. The lowest BCUT2D eigenvalue weighted by Gasteiger charge is -2.16. The van der Waals surface area contributed by atoms with Gasteiger partial charge in [-0.3, -0.25) is 9.59 Å². The number of nitrogens with one attached hydrogen (secondary N) is 1. The highest BCUT2D eigenvalue weighted by molar-refractivity contribution is 5.83. The van der Waals surface area contributed by atoms with E-state index in [1.165, 1.54) is 0 Å². The number of ketones is 1. The average molecular weight is 284 g/mol. The van der Waals surface area contributed by atoms with Crippen LogP contribution in [0.3, 0.4) is 0 Å². The van der Waals surface area contributed by atoms with Gasteiger partial charge in [-0.25, -0.2) is 0 Å². The third kappa shape index (κ3) is 11.0. The molecular weight excluding hydrogens is 252 g/mol. The van der Waals surface area contributed by atoms with Crippen molar-refractivity contribution in [2.75, 3.05) is 13.1 Å². The first-order chi connectivity index (χ1) is 9.38. The molecule has 118 valence electrons. The second kappa shape index (κ2) is 10.8. The summed E-state index contributed by atoms with van der Waals surface area (Å²) in [6.07, 6.45) is 7.06. The third-order valence-corrected chi connectivity index (χ3v) is 3.35. The second-order valence-corrected chi connectivity index (χ2v) is 6.43. The van der Waals surface area contributed by atoms with Crippen LogP contribution >= 0.6 is 0 Å². The number of unbranched alkanes of at least 4 members (excludes halogenated alkanes) is 4. The Morgan fingerprint density at radius 2 is 1.50 bits per heavy atom. The summed E-state index contributed by atoms with van der Waals surface area (Å²) in [4.78, 5) is 23.3. The van der Waals surface area contributed by atoms with E-state index in [1.807, 2.05) is 20.8 Å². The molecule has 0 atom stereocenters. The van der Waals surface area contributed by atoms with Gasteiger partial charge in [0.05, 0.1) is 0 Å².